The Morgan fingerprint density at radius 2 is 1.71 bits per heavy atom. The lowest BCUT2D eigenvalue weighted by atomic mass is 10.2. The second kappa shape index (κ2) is 11.0. The van der Waals surface area contributed by atoms with Crippen LogP contribution in [0, 0.1) is 10.6 Å². The summed E-state index contributed by atoms with van der Waals surface area (Å²) in [4.78, 5) is 0. The fraction of sp³-hybridized carbons (Fsp3) is 0.167. The Labute approximate surface area is 216 Å². The summed E-state index contributed by atoms with van der Waals surface area (Å²) in [6.45, 7) is 0.436. The average Bonchev–Trinajstić information content (AvgIpc) is 3.22. The summed E-state index contributed by atoms with van der Waals surface area (Å²) < 4.78 is 32.1. The fourth-order valence-electron chi connectivity index (χ4n) is 3.40. The number of nitrogens with zero attached hydrogens (tertiary/aromatic N) is 2. The third kappa shape index (κ3) is 5.53. The molecular weight excluding hydrogens is 514 g/mol. The van der Waals surface area contributed by atoms with E-state index in [1.54, 1.807) is 30.0 Å². The van der Waals surface area contributed by atoms with E-state index in [9.17, 15) is 4.39 Å². The first-order valence-electron chi connectivity index (χ1n) is 10.4. The summed E-state index contributed by atoms with van der Waals surface area (Å²) in [7, 11) is 3.13. The predicted molar refractivity (Wildman–Crippen MR) is 136 cm³/mol. The van der Waals surface area contributed by atoms with Gasteiger partial charge in [-0.15, -0.1) is 0 Å². The first-order valence-corrected chi connectivity index (χ1v) is 11.6. The van der Waals surface area contributed by atoms with Gasteiger partial charge in [-0.2, -0.15) is 5.10 Å². The molecule has 35 heavy (non-hydrogen) atoms. The maximum atomic E-state index is 13.3. The maximum absolute atomic E-state index is 13.3. The molecule has 11 heteroatoms. The highest BCUT2D eigenvalue weighted by molar-refractivity contribution is 7.71. The number of hydrogen-bond acceptors (Lipinski definition) is 6. The summed E-state index contributed by atoms with van der Waals surface area (Å²) in [5, 5.41) is 7.86. The van der Waals surface area contributed by atoms with Gasteiger partial charge in [0.1, 0.15) is 18.2 Å². The monoisotopic (exact) mass is 534 g/mol. The Balaban J connectivity index is 1.54. The lowest BCUT2D eigenvalue weighted by molar-refractivity contribution is 0.284. The first-order chi connectivity index (χ1) is 16.9. The van der Waals surface area contributed by atoms with E-state index in [1.165, 1.54) is 19.2 Å². The Morgan fingerprint density at radius 1 is 0.971 bits per heavy atom. The summed E-state index contributed by atoms with van der Waals surface area (Å²) in [6, 6.07) is 15.0. The highest BCUT2D eigenvalue weighted by Crippen LogP contribution is 2.35. The van der Waals surface area contributed by atoms with Crippen molar-refractivity contribution in [3.05, 3.63) is 86.4 Å². The molecule has 0 atom stereocenters. The number of H-pyrrole nitrogens is 1. The van der Waals surface area contributed by atoms with Crippen molar-refractivity contribution < 1.29 is 18.6 Å². The standard InChI is InChI=1S/C24H21Cl2FN4O3S/c1-32-20-6-4-3-5-17(20)23-29-30-24(35)31(23)28-12-15-9-21(33-2)22(11-19(15)26)34-13-14-7-8-16(27)10-18(14)25/h3-11,28H,12-13H2,1-2H3,(H,30,35). The minimum atomic E-state index is -0.414. The number of para-hydroxylation sites is 1. The molecule has 4 aromatic rings. The van der Waals surface area contributed by atoms with Gasteiger partial charge in [0, 0.05) is 16.7 Å². The van der Waals surface area contributed by atoms with Gasteiger partial charge in [0.15, 0.2) is 17.3 Å². The normalized spacial score (nSPS) is 10.8. The van der Waals surface area contributed by atoms with Crippen molar-refractivity contribution in [3.8, 4) is 28.6 Å². The predicted octanol–water partition coefficient (Wildman–Crippen LogP) is 6.39. The molecule has 0 bridgehead atoms. The van der Waals surface area contributed by atoms with Crippen LogP contribution >= 0.6 is 35.4 Å². The Bertz CT molecular complexity index is 1410. The molecule has 1 aromatic heterocycles. The zero-order valence-electron chi connectivity index (χ0n) is 18.8. The molecule has 0 aliphatic heterocycles. The molecule has 4 rings (SSSR count). The molecule has 7 nitrogen and oxygen atoms in total. The van der Waals surface area contributed by atoms with Gasteiger partial charge >= 0.3 is 0 Å². The number of rotatable bonds is 9. The van der Waals surface area contributed by atoms with Gasteiger partial charge < -0.3 is 19.6 Å². The average molecular weight is 535 g/mol. The van der Waals surface area contributed by atoms with Crippen molar-refractivity contribution in [2.75, 3.05) is 19.6 Å². The summed E-state index contributed by atoms with van der Waals surface area (Å²) in [5.41, 5.74) is 5.38. The topological polar surface area (TPSA) is 73.3 Å². The van der Waals surface area contributed by atoms with Crippen LogP contribution in [0.25, 0.3) is 11.4 Å². The second-order valence-electron chi connectivity index (χ2n) is 7.34. The molecule has 0 aliphatic rings. The van der Waals surface area contributed by atoms with Gasteiger partial charge in [-0.05, 0) is 48.1 Å². The van der Waals surface area contributed by atoms with Crippen molar-refractivity contribution in [2.45, 2.75) is 13.2 Å². The number of halogens is 3. The number of ether oxygens (including phenoxy) is 3. The van der Waals surface area contributed by atoms with Crippen molar-refractivity contribution >= 4 is 35.4 Å². The van der Waals surface area contributed by atoms with Crippen molar-refractivity contribution in [1.29, 1.82) is 0 Å². The number of benzene rings is 3. The number of aromatic amines is 1. The molecule has 0 spiro atoms. The van der Waals surface area contributed by atoms with Crippen LogP contribution in [-0.2, 0) is 13.2 Å². The van der Waals surface area contributed by atoms with Crippen LogP contribution in [-0.4, -0.2) is 29.1 Å². The summed E-state index contributed by atoms with van der Waals surface area (Å²) in [6.07, 6.45) is 0. The van der Waals surface area contributed by atoms with E-state index in [0.29, 0.717) is 45.0 Å². The quantitative estimate of drug-likeness (QED) is 0.242. The van der Waals surface area contributed by atoms with E-state index in [0.717, 1.165) is 11.1 Å². The van der Waals surface area contributed by atoms with E-state index in [4.69, 9.17) is 49.6 Å². The molecule has 0 fully saturated rings. The molecule has 0 saturated heterocycles. The number of methoxy groups -OCH3 is 2. The molecular formula is C24H21Cl2FN4O3S. The van der Waals surface area contributed by atoms with Crippen LogP contribution in [0.3, 0.4) is 0 Å². The highest BCUT2D eigenvalue weighted by Gasteiger charge is 2.16. The number of nitrogens with one attached hydrogen (secondary N) is 2. The molecule has 1 heterocycles. The first kappa shape index (κ1) is 24.8. The third-order valence-electron chi connectivity index (χ3n) is 5.18. The van der Waals surface area contributed by atoms with E-state index in [2.05, 4.69) is 15.6 Å². The van der Waals surface area contributed by atoms with Crippen molar-refractivity contribution in [2.24, 2.45) is 0 Å². The van der Waals surface area contributed by atoms with Gasteiger partial charge in [0.2, 0.25) is 4.77 Å². The molecule has 0 amide bonds. The lowest BCUT2D eigenvalue weighted by Crippen LogP contribution is -2.16. The van der Waals surface area contributed by atoms with Crippen LogP contribution in [0.15, 0.2) is 54.6 Å². The molecule has 0 unspecified atom stereocenters. The summed E-state index contributed by atoms with van der Waals surface area (Å²) in [5.74, 6) is 1.71. The summed E-state index contributed by atoms with van der Waals surface area (Å²) >= 11 is 18.0. The van der Waals surface area contributed by atoms with Gasteiger partial charge in [-0.3, -0.25) is 0 Å². The minimum Gasteiger partial charge on any atom is -0.496 e. The number of hydrogen-bond donors (Lipinski definition) is 2. The fourth-order valence-corrected chi connectivity index (χ4v) is 4.04. The van der Waals surface area contributed by atoms with Gasteiger partial charge in [-0.1, -0.05) is 41.4 Å². The zero-order chi connectivity index (χ0) is 24.9. The minimum absolute atomic E-state index is 0.121. The molecule has 0 radical (unpaired) electrons. The number of aromatic nitrogens is 3. The van der Waals surface area contributed by atoms with Crippen molar-refractivity contribution in [3.63, 3.8) is 0 Å². The van der Waals surface area contributed by atoms with Gasteiger partial charge in [-0.25, -0.2) is 14.2 Å². The lowest BCUT2D eigenvalue weighted by Gasteiger charge is -2.16. The van der Waals surface area contributed by atoms with Crippen LogP contribution in [0.5, 0.6) is 17.2 Å². The Hall–Kier alpha value is -3.27. The molecule has 2 N–H and O–H groups in total. The Morgan fingerprint density at radius 3 is 2.46 bits per heavy atom. The Kier molecular flexibility index (Phi) is 7.80. The van der Waals surface area contributed by atoms with E-state index >= 15 is 0 Å². The molecule has 182 valence electrons. The third-order valence-corrected chi connectivity index (χ3v) is 6.16. The van der Waals surface area contributed by atoms with E-state index in [-0.39, 0.29) is 11.6 Å². The molecule has 0 saturated carbocycles. The molecule has 0 aliphatic carbocycles. The highest BCUT2D eigenvalue weighted by atomic mass is 35.5. The van der Waals surface area contributed by atoms with Crippen LogP contribution in [0.2, 0.25) is 10.0 Å². The SMILES string of the molecule is COc1cc(CNn2c(-c3ccccc3OC)n[nH]c2=S)c(Cl)cc1OCc1ccc(F)cc1Cl. The zero-order valence-corrected chi connectivity index (χ0v) is 21.1. The van der Waals surface area contributed by atoms with Crippen LogP contribution in [0.1, 0.15) is 11.1 Å². The largest absolute Gasteiger partial charge is 0.496 e. The maximum Gasteiger partial charge on any atom is 0.214 e. The van der Waals surface area contributed by atoms with Crippen LogP contribution < -0.4 is 19.6 Å². The van der Waals surface area contributed by atoms with Crippen molar-refractivity contribution in [1.82, 2.24) is 14.9 Å². The van der Waals surface area contributed by atoms with E-state index < -0.39 is 5.82 Å². The van der Waals surface area contributed by atoms with Gasteiger partial charge in [0.25, 0.3) is 0 Å². The van der Waals surface area contributed by atoms with E-state index in [1.807, 2.05) is 24.3 Å². The smallest absolute Gasteiger partial charge is 0.214 e. The van der Waals surface area contributed by atoms with Crippen LogP contribution in [0.4, 0.5) is 4.39 Å². The molecule has 3 aromatic carbocycles. The van der Waals surface area contributed by atoms with Gasteiger partial charge in [0.05, 0.1) is 31.4 Å². The second-order valence-corrected chi connectivity index (χ2v) is 8.54.